The monoisotopic (exact) mass is 433 g/mol. The summed E-state index contributed by atoms with van der Waals surface area (Å²) in [7, 11) is 0. The van der Waals surface area contributed by atoms with E-state index in [4.69, 9.17) is 27.6 Å². The zero-order valence-corrected chi connectivity index (χ0v) is 16.9. The smallest absolute Gasteiger partial charge is 0.241 e. The Morgan fingerprint density at radius 3 is 2.79 bits per heavy atom. The number of oxazole rings is 1. The maximum Gasteiger partial charge on any atom is 0.241 e. The van der Waals surface area contributed by atoms with Crippen LogP contribution in [0.2, 0.25) is 10.0 Å². The molecule has 1 amide bonds. The molecule has 0 aliphatic carbocycles. The van der Waals surface area contributed by atoms with Gasteiger partial charge in [0.05, 0.1) is 22.4 Å². The highest BCUT2D eigenvalue weighted by Crippen LogP contribution is 2.28. The van der Waals surface area contributed by atoms with Crippen molar-refractivity contribution < 1.29 is 13.6 Å². The Balaban J connectivity index is 1.43. The molecule has 1 aromatic heterocycles. The molecule has 8 heteroatoms. The van der Waals surface area contributed by atoms with E-state index in [0.29, 0.717) is 39.4 Å². The zero-order chi connectivity index (χ0) is 20.4. The number of hydrogen-bond acceptors (Lipinski definition) is 4. The highest BCUT2D eigenvalue weighted by molar-refractivity contribution is 6.36. The van der Waals surface area contributed by atoms with Crippen LogP contribution in [0, 0.1) is 5.82 Å². The maximum absolute atomic E-state index is 13.1. The minimum absolute atomic E-state index is 0.117. The number of likely N-dealkylation sites (tertiary alicyclic amines) is 1. The molecule has 3 aromatic rings. The summed E-state index contributed by atoms with van der Waals surface area (Å²) in [6.07, 6.45) is 3.23. The van der Waals surface area contributed by atoms with E-state index in [1.54, 1.807) is 36.6 Å². The first kappa shape index (κ1) is 19.9. The van der Waals surface area contributed by atoms with Crippen molar-refractivity contribution in [2.45, 2.75) is 25.4 Å². The van der Waals surface area contributed by atoms with Crippen molar-refractivity contribution >= 4 is 34.8 Å². The predicted octanol–water partition coefficient (Wildman–Crippen LogP) is 5.39. The van der Waals surface area contributed by atoms with Crippen molar-refractivity contribution in [3.8, 4) is 11.5 Å². The molecule has 1 aliphatic rings. The SMILES string of the molecule is O=C(Nc1ccc(Cl)cc1Cl)[C@@H]1CCCN1Cc1coc(-c2ccc(F)cc2)n1. The molecule has 0 bridgehead atoms. The third-order valence-corrected chi connectivity index (χ3v) is 5.41. The number of halogens is 3. The molecule has 0 spiro atoms. The van der Waals surface area contributed by atoms with Gasteiger partial charge in [-0.15, -0.1) is 0 Å². The summed E-state index contributed by atoms with van der Waals surface area (Å²) in [5.74, 6) is -0.00522. The molecule has 0 saturated carbocycles. The second kappa shape index (κ2) is 8.53. The van der Waals surface area contributed by atoms with Gasteiger partial charge in [0.2, 0.25) is 11.8 Å². The number of anilines is 1. The second-order valence-electron chi connectivity index (χ2n) is 6.89. The normalized spacial score (nSPS) is 16.9. The summed E-state index contributed by atoms with van der Waals surface area (Å²) < 4.78 is 18.6. The van der Waals surface area contributed by atoms with Gasteiger partial charge in [0.1, 0.15) is 12.1 Å². The Morgan fingerprint density at radius 2 is 2.03 bits per heavy atom. The molecule has 2 heterocycles. The van der Waals surface area contributed by atoms with Gasteiger partial charge in [0.25, 0.3) is 0 Å². The maximum atomic E-state index is 13.1. The average Bonchev–Trinajstić information content (AvgIpc) is 3.35. The standard InChI is InChI=1S/C21H18Cl2FN3O2/c22-14-5-8-18(17(23)10-14)26-20(28)19-2-1-9-27(19)11-16-12-29-21(25-16)13-3-6-15(24)7-4-13/h3-8,10,12,19H,1-2,9,11H2,(H,26,28)/t19-/m0/s1. The summed E-state index contributed by atoms with van der Waals surface area (Å²) in [5, 5.41) is 3.79. The van der Waals surface area contributed by atoms with Gasteiger partial charge in [-0.25, -0.2) is 9.37 Å². The van der Waals surface area contributed by atoms with Crippen LogP contribution in [0.3, 0.4) is 0 Å². The van der Waals surface area contributed by atoms with Crippen LogP contribution >= 0.6 is 23.2 Å². The quantitative estimate of drug-likeness (QED) is 0.585. The molecule has 1 aliphatic heterocycles. The average molecular weight is 434 g/mol. The highest BCUT2D eigenvalue weighted by atomic mass is 35.5. The summed E-state index contributed by atoms with van der Waals surface area (Å²) in [6, 6.07) is 10.6. The summed E-state index contributed by atoms with van der Waals surface area (Å²) >= 11 is 12.1. The number of amides is 1. The molecule has 150 valence electrons. The van der Waals surface area contributed by atoms with E-state index in [1.807, 2.05) is 0 Å². The fourth-order valence-electron chi connectivity index (χ4n) is 3.43. The molecule has 0 radical (unpaired) electrons. The van der Waals surface area contributed by atoms with E-state index in [9.17, 15) is 9.18 Å². The van der Waals surface area contributed by atoms with E-state index >= 15 is 0 Å². The first-order chi connectivity index (χ1) is 14.0. The molecule has 1 saturated heterocycles. The number of nitrogens with one attached hydrogen (secondary N) is 1. The fourth-order valence-corrected chi connectivity index (χ4v) is 3.89. The molecule has 29 heavy (non-hydrogen) atoms. The van der Waals surface area contributed by atoms with Gasteiger partial charge < -0.3 is 9.73 Å². The Hall–Kier alpha value is -2.41. The molecule has 0 unspecified atom stereocenters. The minimum Gasteiger partial charge on any atom is -0.444 e. The van der Waals surface area contributed by atoms with Gasteiger partial charge in [-0.3, -0.25) is 9.69 Å². The Morgan fingerprint density at radius 1 is 1.24 bits per heavy atom. The van der Waals surface area contributed by atoms with Crippen LogP contribution in [0.4, 0.5) is 10.1 Å². The third kappa shape index (κ3) is 4.61. The van der Waals surface area contributed by atoms with Crippen LogP contribution in [0.25, 0.3) is 11.5 Å². The van der Waals surface area contributed by atoms with Crippen LogP contribution in [0.15, 0.2) is 53.1 Å². The van der Waals surface area contributed by atoms with Crippen molar-refractivity contribution in [2.24, 2.45) is 0 Å². The van der Waals surface area contributed by atoms with Gasteiger partial charge in [-0.2, -0.15) is 0 Å². The zero-order valence-electron chi connectivity index (χ0n) is 15.4. The molecule has 1 atom stereocenters. The minimum atomic E-state index is -0.313. The van der Waals surface area contributed by atoms with Crippen LogP contribution in [-0.4, -0.2) is 28.4 Å². The molecular weight excluding hydrogens is 416 g/mol. The third-order valence-electron chi connectivity index (χ3n) is 4.86. The number of carbonyl (C=O) groups is 1. The molecule has 5 nitrogen and oxygen atoms in total. The van der Waals surface area contributed by atoms with Crippen LogP contribution in [0.1, 0.15) is 18.5 Å². The summed E-state index contributed by atoms with van der Waals surface area (Å²) in [5.41, 5.74) is 1.95. The van der Waals surface area contributed by atoms with Gasteiger partial charge in [-0.1, -0.05) is 23.2 Å². The van der Waals surface area contributed by atoms with Crippen molar-refractivity contribution in [2.75, 3.05) is 11.9 Å². The fraction of sp³-hybridized carbons (Fsp3) is 0.238. The van der Waals surface area contributed by atoms with Gasteiger partial charge >= 0.3 is 0 Å². The number of nitrogens with zero attached hydrogens (tertiary/aromatic N) is 2. The Kier molecular flexibility index (Phi) is 5.85. The molecule has 1 fully saturated rings. The first-order valence-electron chi connectivity index (χ1n) is 9.20. The van der Waals surface area contributed by atoms with Crippen LogP contribution in [0.5, 0.6) is 0 Å². The second-order valence-corrected chi connectivity index (χ2v) is 7.74. The topological polar surface area (TPSA) is 58.4 Å². The van der Waals surface area contributed by atoms with E-state index in [2.05, 4.69) is 15.2 Å². The van der Waals surface area contributed by atoms with Crippen LogP contribution in [-0.2, 0) is 11.3 Å². The lowest BCUT2D eigenvalue weighted by Gasteiger charge is -2.22. The number of aromatic nitrogens is 1. The van der Waals surface area contributed by atoms with Crippen molar-refractivity contribution in [1.82, 2.24) is 9.88 Å². The summed E-state index contributed by atoms with van der Waals surface area (Å²) in [4.78, 5) is 19.3. The lowest BCUT2D eigenvalue weighted by Crippen LogP contribution is -2.39. The van der Waals surface area contributed by atoms with Gasteiger partial charge in [-0.05, 0) is 61.9 Å². The lowest BCUT2D eigenvalue weighted by molar-refractivity contribution is -0.120. The number of carbonyl (C=O) groups excluding carboxylic acids is 1. The molecule has 4 rings (SSSR count). The van der Waals surface area contributed by atoms with Crippen LogP contribution < -0.4 is 5.32 Å². The highest BCUT2D eigenvalue weighted by Gasteiger charge is 2.31. The van der Waals surface area contributed by atoms with Crippen molar-refractivity contribution in [3.63, 3.8) is 0 Å². The Bertz CT molecular complexity index is 1020. The van der Waals surface area contributed by atoms with Crippen molar-refractivity contribution in [3.05, 3.63) is 70.3 Å². The van der Waals surface area contributed by atoms with E-state index < -0.39 is 0 Å². The first-order valence-corrected chi connectivity index (χ1v) is 9.95. The number of hydrogen-bond donors (Lipinski definition) is 1. The molecule has 1 N–H and O–H groups in total. The van der Waals surface area contributed by atoms with Gasteiger partial charge in [0.15, 0.2) is 0 Å². The number of benzene rings is 2. The van der Waals surface area contributed by atoms with E-state index in [1.165, 1.54) is 12.1 Å². The molecular formula is C21H18Cl2FN3O2. The lowest BCUT2D eigenvalue weighted by atomic mass is 10.2. The summed E-state index contributed by atoms with van der Waals surface area (Å²) in [6.45, 7) is 1.27. The largest absolute Gasteiger partial charge is 0.444 e. The van der Waals surface area contributed by atoms with Crippen molar-refractivity contribution in [1.29, 1.82) is 0 Å². The number of rotatable bonds is 5. The predicted molar refractivity (Wildman–Crippen MR) is 110 cm³/mol. The van der Waals surface area contributed by atoms with Gasteiger partial charge in [0, 0.05) is 17.1 Å². The molecule has 2 aromatic carbocycles. The van der Waals surface area contributed by atoms with E-state index in [0.717, 1.165) is 19.4 Å². The Labute approximate surface area is 177 Å². The van der Waals surface area contributed by atoms with E-state index in [-0.39, 0.29) is 17.8 Å².